The molecule has 128 valence electrons. The van der Waals surface area contributed by atoms with Crippen molar-refractivity contribution in [2.75, 3.05) is 6.54 Å². The molecule has 0 aliphatic heterocycles. The maximum absolute atomic E-state index is 13.0. The van der Waals surface area contributed by atoms with Crippen LogP contribution in [0, 0.1) is 0 Å². The largest absolute Gasteiger partial charge is 0.369 e. The third-order valence-corrected chi connectivity index (χ3v) is 6.27. The number of nitrogens with two attached hydrogens (primary N) is 1. The second kappa shape index (κ2) is 6.86. The summed E-state index contributed by atoms with van der Waals surface area (Å²) in [6.45, 7) is -0.259. The number of nitrogens with zero attached hydrogens (tertiary/aromatic N) is 2. The first-order chi connectivity index (χ1) is 11.5. The number of aromatic nitrogens is 1. The molecule has 0 saturated heterocycles. The van der Waals surface area contributed by atoms with Crippen LogP contribution in [0.5, 0.6) is 0 Å². The van der Waals surface area contributed by atoms with E-state index in [1.165, 1.54) is 4.31 Å². The molecule has 0 unspecified atom stereocenters. The van der Waals surface area contributed by atoms with Crippen LogP contribution in [0.25, 0.3) is 10.9 Å². The number of rotatable bonds is 6. The fourth-order valence-electron chi connectivity index (χ4n) is 3.36. The predicted octanol–water partition coefficient (Wildman–Crippen LogP) is 1.79. The van der Waals surface area contributed by atoms with Gasteiger partial charge in [0.2, 0.25) is 15.9 Å². The van der Waals surface area contributed by atoms with E-state index in [2.05, 4.69) is 4.98 Å². The highest BCUT2D eigenvalue weighted by atomic mass is 32.2. The van der Waals surface area contributed by atoms with Crippen molar-refractivity contribution in [3.8, 4) is 0 Å². The van der Waals surface area contributed by atoms with Gasteiger partial charge < -0.3 is 5.73 Å². The molecule has 0 radical (unpaired) electrons. The van der Waals surface area contributed by atoms with Gasteiger partial charge in [0, 0.05) is 17.6 Å². The van der Waals surface area contributed by atoms with Crippen molar-refractivity contribution in [3.63, 3.8) is 0 Å². The fourth-order valence-corrected chi connectivity index (χ4v) is 5.14. The Morgan fingerprint density at radius 3 is 2.62 bits per heavy atom. The van der Waals surface area contributed by atoms with Gasteiger partial charge in [-0.2, -0.15) is 4.31 Å². The van der Waals surface area contributed by atoms with Crippen LogP contribution in [0.15, 0.2) is 36.5 Å². The predicted molar refractivity (Wildman–Crippen MR) is 92.5 cm³/mol. The third-order valence-electron chi connectivity index (χ3n) is 4.46. The number of carbonyl (C=O) groups is 1. The molecule has 6 nitrogen and oxygen atoms in total. The fraction of sp³-hybridized carbons (Fsp3) is 0.412. The Morgan fingerprint density at radius 1 is 1.21 bits per heavy atom. The summed E-state index contributed by atoms with van der Waals surface area (Å²) in [6, 6.07) is 9.07. The van der Waals surface area contributed by atoms with Crippen molar-refractivity contribution in [1.29, 1.82) is 0 Å². The van der Waals surface area contributed by atoms with Crippen LogP contribution in [0.4, 0.5) is 0 Å². The number of pyridine rings is 1. The molecule has 24 heavy (non-hydrogen) atoms. The monoisotopic (exact) mass is 347 g/mol. The molecular formula is C17H21N3O3S. The van der Waals surface area contributed by atoms with E-state index >= 15 is 0 Å². The number of benzene rings is 1. The second-order valence-corrected chi connectivity index (χ2v) is 8.12. The summed E-state index contributed by atoms with van der Waals surface area (Å²) in [5.74, 6) is -0.799. The molecule has 1 amide bonds. The van der Waals surface area contributed by atoms with Crippen LogP contribution in [0.1, 0.15) is 31.2 Å². The molecule has 1 saturated carbocycles. The summed E-state index contributed by atoms with van der Waals surface area (Å²) in [7, 11) is -3.65. The Kier molecular flexibility index (Phi) is 4.82. The molecule has 7 heteroatoms. The van der Waals surface area contributed by atoms with E-state index < -0.39 is 15.9 Å². The number of hydrogen-bond donors (Lipinski definition) is 1. The molecule has 1 aliphatic carbocycles. The summed E-state index contributed by atoms with van der Waals surface area (Å²) in [6.07, 6.45) is 5.16. The molecule has 0 bridgehead atoms. The van der Waals surface area contributed by atoms with Crippen molar-refractivity contribution in [2.45, 2.75) is 37.5 Å². The minimum Gasteiger partial charge on any atom is -0.369 e. The van der Waals surface area contributed by atoms with Crippen LogP contribution in [0.3, 0.4) is 0 Å². The van der Waals surface area contributed by atoms with Gasteiger partial charge in [-0.15, -0.1) is 0 Å². The summed E-state index contributed by atoms with van der Waals surface area (Å²) < 4.78 is 27.2. The van der Waals surface area contributed by atoms with Crippen LogP contribution in [-0.2, 0) is 20.6 Å². The highest BCUT2D eigenvalue weighted by Gasteiger charge is 2.33. The normalized spacial score (nSPS) is 16.0. The van der Waals surface area contributed by atoms with Gasteiger partial charge in [-0.1, -0.05) is 37.1 Å². The molecule has 0 atom stereocenters. The van der Waals surface area contributed by atoms with E-state index in [-0.39, 0.29) is 18.3 Å². The molecule has 2 aromatic rings. The third kappa shape index (κ3) is 3.57. The van der Waals surface area contributed by atoms with Crippen molar-refractivity contribution in [2.24, 2.45) is 5.73 Å². The zero-order valence-electron chi connectivity index (χ0n) is 13.4. The van der Waals surface area contributed by atoms with Gasteiger partial charge in [0.15, 0.2) is 0 Å². The minimum atomic E-state index is -3.65. The van der Waals surface area contributed by atoms with Gasteiger partial charge in [0.25, 0.3) is 0 Å². The molecule has 3 rings (SSSR count). The Bertz CT molecular complexity index is 840. The molecule has 1 fully saturated rings. The van der Waals surface area contributed by atoms with E-state index in [0.717, 1.165) is 31.1 Å². The summed E-state index contributed by atoms with van der Waals surface area (Å²) in [5, 5.41) is 0.896. The average Bonchev–Trinajstić information content (AvgIpc) is 3.06. The maximum Gasteiger partial charge on any atom is 0.232 e. The Balaban J connectivity index is 1.94. The number of sulfonamides is 1. The SMILES string of the molecule is NC(=O)CN(C1CCCC1)S(=O)(=O)Cc1cccc2cccnc12. The lowest BCUT2D eigenvalue weighted by atomic mass is 10.1. The first kappa shape index (κ1) is 16.9. The van der Waals surface area contributed by atoms with Crippen LogP contribution in [0.2, 0.25) is 0 Å². The molecule has 1 aliphatic rings. The van der Waals surface area contributed by atoms with Gasteiger partial charge in [-0.25, -0.2) is 8.42 Å². The molecule has 1 aromatic heterocycles. The quantitative estimate of drug-likeness (QED) is 0.862. The van der Waals surface area contributed by atoms with E-state index in [1.54, 1.807) is 12.3 Å². The Hall–Kier alpha value is -1.99. The Morgan fingerprint density at radius 2 is 1.92 bits per heavy atom. The summed E-state index contributed by atoms with van der Waals surface area (Å²) >= 11 is 0. The zero-order valence-corrected chi connectivity index (χ0v) is 14.2. The average molecular weight is 347 g/mol. The van der Waals surface area contributed by atoms with Crippen molar-refractivity contribution >= 4 is 26.8 Å². The molecule has 2 N–H and O–H groups in total. The smallest absolute Gasteiger partial charge is 0.232 e. The minimum absolute atomic E-state index is 0.134. The lowest BCUT2D eigenvalue weighted by molar-refractivity contribution is -0.118. The van der Waals surface area contributed by atoms with E-state index in [0.29, 0.717) is 11.1 Å². The molecule has 0 spiro atoms. The molecular weight excluding hydrogens is 326 g/mol. The van der Waals surface area contributed by atoms with Gasteiger partial charge in [0.1, 0.15) is 0 Å². The van der Waals surface area contributed by atoms with E-state index in [1.807, 2.05) is 24.3 Å². The van der Waals surface area contributed by atoms with Crippen molar-refractivity contribution in [1.82, 2.24) is 9.29 Å². The zero-order chi connectivity index (χ0) is 17.2. The summed E-state index contributed by atoms with van der Waals surface area (Å²) in [4.78, 5) is 15.7. The number of primary amides is 1. The standard InChI is InChI=1S/C17H21N3O3S/c18-16(21)11-20(15-8-1-2-9-15)24(22,23)12-14-6-3-5-13-7-4-10-19-17(13)14/h3-7,10,15H,1-2,8-9,11-12H2,(H2,18,21). The van der Waals surface area contributed by atoms with Crippen molar-refractivity contribution in [3.05, 3.63) is 42.1 Å². The summed E-state index contributed by atoms with van der Waals surface area (Å²) in [5.41, 5.74) is 6.60. The lowest BCUT2D eigenvalue weighted by Crippen LogP contribution is -2.44. The lowest BCUT2D eigenvalue weighted by Gasteiger charge is -2.27. The number of fused-ring (bicyclic) bond motifs is 1. The van der Waals surface area contributed by atoms with Crippen LogP contribution < -0.4 is 5.73 Å². The number of hydrogen-bond acceptors (Lipinski definition) is 4. The number of amides is 1. The van der Waals surface area contributed by atoms with Crippen LogP contribution >= 0.6 is 0 Å². The topological polar surface area (TPSA) is 93.4 Å². The van der Waals surface area contributed by atoms with E-state index in [4.69, 9.17) is 5.73 Å². The highest BCUT2D eigenvalue weighted by molar-refractivity contribution is 7.88. The first-order valence-corrected chi connectivity index (χ1v) is 9.69. The van der Waals surface area contributed by atoms with E-state index in [9.17, 15) is 13.2 Å². The maximum atomic E-state index is 13.0. The van der Waals surface area contributed by atoms with Crippen LogP contribution in [-0.4, -0.2) is 36.2 Å². The first-order valence-electron chi connectivity index (χ1n) is 8.08. The molecule has 1 heterocycles. The number of carbonyl (C=O) groups excluding carboxylic acids is 1. The Labute approximate surface area is 141 Å². The van der Waals surface area contributed by atoms with Gasteiger partial charge in [-0.05, 0) is 24.5 Å². The van der Waals surface area contributed by atoms with Gasteiger partial charge in [0.05, 0.1) is 17.8 Å². The number of para-hydroxylation sites is 1. The van der Waals surface area contributed by atoms with Gasteiger partial charge >= 0.3 is 0 Å². The van der Waals surface area contributed by atoms with Crippen molar-refractivity contribution < 1.29 is 13.2 Å². The second-order valence-electron chi connectivity index (χ2n) is 6.20. The van der Waals surface area contributed by atoms with Gasteiger partial charge in [-0.3, -0.25) is 9.78 Å². The molecule has 1 aromatic carbocycles. The highest BCUT2D eigenvalue weighted by Crippen LogP contribution is 2.28.